The van der Waals surface area contributed by atoms with Gasteiger partial charge in [-0.2, -0.15) is 0 Å². The van der Waals surface area contributed by atoms with Gasteiger partial charge in [-0.05, 0) is 18.6 Å². The quantitative estimate of drug-likeness (QED) is 0.771. The topological polar surface area (TPSA) is 75.6 Å². The Hall–Kier alpha value is -0.750. The molecule has 0 aromatic rings. The maximum absolute atomic E-state index is 11.9. The largest absolute Gasteiger partial charge is 0.481 e. The number of amides is 1. The highest BCUT2D eigenvalue weighted by atomic mass is 32.2. The summed E-state index contributed by atoms with van der Waals surface area (Å²) in [6.45, 7) is 0.498. The van der Waals surface area contributed by atoms with E-state index in [1.54, 1.807) is 11.8 Å². The third-order valence-corrected chi connectivity index (χ3v) is 4.57. The number of ether oxygens (including phenoxy) is 1. The number of carbonyl (C=O) groups is 2. The number of rotatable bonds is 3. The van der Waals surface area contributed by atoms with Crippen LogP contribution in [-0.2, 0) is 14.3 Å². The molecule has 96 valence electrons. The highest BCUT2D eigenvalue weighted by Crippen LogP contribution is 2.25. The van der Waals surface area contributed by atoms with Crippen molar-refractivity contribution in [3.63, 3.8) is 0 Å². The highest BCUT2D eigenvalue weighted by molar-refractivity contribution is 8.00. The van der Waals surface area contributed by atoms with Crippen LogP contribution in [0.4, 0.5) is 0 Å². The molecular weight excluding hydrogens is 242 g/mol. The fraction of sp³-hybridized carbons (Fsp3) is 0.818. The monoisotopic (exact) mass is 259 g/mol. The van der Waals surface area contributed by atoms with Crippen LogP contribution in [0.25, 0.3) is 0 Å². The number of thioether (sulfide) groups is 1. The van der Waals surface area contributed by atoms with Crippen LogP contribution < -0.4 is 5.32 Å². The van der Waals surface area contributed by atoms with E-state index in [9.17, 15) is 9.59 Å². The average Bonchev–Trinajstić information content (AvgIpc) is 2.78. The van der Waals surface area contributed by atoms with Crippen LogP contribution in [0.2, 0.25) is 0 Å². The molecule has 0 saturated carbocycles. The molecule has 17 heavy (non-hydrogen) atoms. The summed E-state index contributed by atoms with van der Waals surface area (Å²) in [6, 6.07) is -0.373. The van der Waals surface area contributed by atoms with Crippen LogP contribution in [0, 0.1) is 5.92 Å². The van der Waals surface area contributed by atoms with Crippen molar-refractivity contribution in [3.8, 4) is 0 Å². The molecule has 2 aliphatic rings. The molecule has 2 fully saturated rings. The smallest absolute Gasteiger partial charge is 0.311 e. The van der Waals surface area contributed by atoms with Crippen LogP contribution in [0.3, 0.4) is 0 Å². The van der Waals surface area contributed by atoms with Gasteiger partial charge >= 0.3 is 5.97 Å². The second kappa shape index (κ2) is 5.73. The summed E-state index contributed by atoms with van der Waals surface area (Å²) in [5.41, 5.74) is 0. The van der Waals surface area contributed by atoms with Crippen molar-refractivity contribution in [1.82, 2.24) is 5.32 Å². The summed E-state index contributed by atoms with van der Waals surface area (Å²) in [7, 11) is 0. The average molecular weight is 259 g/mol. The highest BCUT2D eigenvalue weighted by Gasteiger charge is 2.36. The minimum absolute atomic E-state index is 0.0150. The Labute approximate surface area is 104 Å². The Morgan fingerprint density at radius 1 is 1.29 bits per heavy atom. The first-order chi connectivity index (χ1) is 8.18. The van der Waals surface area contributed by atoms with E-state index in [4.69, 9.17) is 9.84 Å². The number of carboxylic acids is 1. The number of carboxylic acid groups (broad SMARTS) is 1. The standard InChI is InChI=1S/C11H17NO4S/c13-10(9-3-1-2-4-17-9)12-8-6-16-5-7(8)11(14)15/h7-9H,1-6H2,(H,12,13)(H,14,15). The van der Waals surface area contributed by atoms with Gasteiger partial charge in [0.05, 0.1) is 24.5 Å². The first-order valence-corrected chi connectivity index (χ1v) is 6.96. The van der Waals surface area contributed by atoms with Crippen LogP contribution in [0.5, 0.6) is 0 Å². The van der Waals surface area contributed by atoms with E-state index in [1.165, 1.54) is 6.42 Å². The number of carbonyl (C=O) groups excluding carboxylic acids is 1. The second-order valence-corrected chi connectivity index (χ2v) is 5.76. The van der Waals surface area contributed by atoms with Crippen molar-refractivity contribution in [1.29, 1.82) is 0 Å². The van der Waals surface area contributed by atoms with E-state index in [1.807, 2.05) is 0 Å². The van der Waals surface area contributed by atoms with Crippen LogP contribution in [0.15, 0.2) is 0 Å². The van der Waals surface area contributed by atoms with Gasteiger partial charge in [-0.3, -0.25) is 9.59 Å². The van der Waals surface area contributed by atoms with Crippen LogP contribution in [0.1, 0.15) is 19.3 Å². The SMILES string of the molecule is O=C(NC1COCC1C(=O)O)C1CCCCS1. The Morgan fingerprint density at radius 2 is 2.12 bits per heavy atom. The lowest BCUT2D eigenvalue weighted by Crippen LogP contribution is -2.46. The van der Waals surface area contributed by atoms with Gasteiger partial charge in [-0.15, -0.1) is 11.8 Å². The van der Waals surface area contributed by atoms with E-state index < -0.39 is 11.9 Å². The minimum Gasteiger partial charge on any atom is -0.481 e. The van der Waals surface area contributed by atoms with Crippen molar-refractivity contribution < 1.29 is 19.4 Å². The molecular formula is C11H17NO4S. The number of nitrogens with one attached hydrogen (secondary N) is 1. The Bertz CT molecular complexity index is 304. The summed E-state index contributed by atoms with van der Waals surface area (Å²) < 4.78 is 5.12. The maximum Gasteiger partial charge on any atom is 0.311 e. The summed E-state index contributed by atoms with van der Waals surface area (Å²) >= 11 is 1.66. The zero-order valence-corrected chi connectivity index (χ0v) is 10.4. The molecule has 2 N–H and O–H groups in total. The van der Waals surface area contributed by atoms with Crippen LogP contribution >= 0.6 is 11.8 Å². The second-order valence-electron chi connectivity index (χ2n) is 4.45. The third kappa shape index (κ3) is 3.13. The fourth-order valence-corrected chi connectivity index (χ4v) is 3.37. The molecule has 6 heteroatoms. The van der Waals surface area contributed by atoms with Crippen molar-refractivity contribution in [2.24, 2.45) is 5.92 Å². The van der Waals surface area contributed by atoms with Gasteiger partial charge in [0.2, 0.25) is 5.91 Å². The first kappa shape index (κ1) is 12.7. The van der Waals surface area contributed by atoms with E-state index in [0.29, 0.717) is 6.61 Å². The summed E-state index contributed by atoms with van der Waals surface area (Å²) in [5, 5.41) is 11.8. The zero-order chi connectivity index (χ0) is 12.3. The Kier molecular flexibility index (Phi) is 4.28. The number of hydrogen-bond acceptors (Lipinski definition) is 4. The molecule has 2 saturated heterocycles. The Balaban J connectivity index is 1.86. The van der Waals surface area contributed by atoms with E-state index in [0.717, 1.165) is 18.6 Å². The molecule has 2 heterocycles. The minimum atomic E-state index is -0.899. The normalized spacial score (nSPS) is 33.3. The van der Waals surface area contributed by atoms with Crippen molar-refractivity contribution in [2.45, 2.75) is 30.6 Å². The molecule has 3 unspecified atom stereocenters. The summed E-state index contributed by atoms with van der Waals surface area (Å²) in [4.78, 5) is 22.9. The molecule has 1 amide bonds. The van der Waals surface area contributed by atoms with E-state index in [2.05, 4.69) is 5.32 Å². The lowest BCUT2D eigenvalue weighted by atomic mass is 10.0. The molecule has 3 atom stereocenters. The van der Waals surface area contributed by atoms with Gasteiger partial charge in [-0.1, -0.05) is 6.42 Å². The predicted molar refractivity (Wildman–Crippen MR) is 64.0 cm³/mol. The molecule has 2 rings (SSSR count). The molecule has 0 aromatic carbocycles. The molecule has 0 aromatic heterocycles. The molecule has 2 aliphatic heterocycles. The number of aliphatic carboxylic acids is 1. The lowest BCUT2D eigenvalue weighted by Gasteiger charge is -2.23. The van der Waals surface area contributed by atoms with Gasteiger partial charge < -0.3 is 15.2 Å². The molecule has 0 spiro atoms. The van der Waals surface area contributed by atoms with Crippen LogP contribution in [-0.4, -0.2) is 47.2 Å². The molecule has 0 radical (unpaired) electrons. The number of hydrogen-bond donors (Lipinski definition) is 2. The lowest BCUT2D eigenvalue weighted by molar-refractivity contribution is -0.142. The van der Waals surface area contributed by atoms with E-state index in [-0.39, 0.29) is 23.8 Å². The van der Waals surface area contributed by atoms with Gasteiger partial charge in [0, 0.05) is 0 Å². The van der Waals surface area contributed by atoms with Gasteiger partial charge in [0.25, 0.3) is 0 Å². The molecule has 5 nitrogen and oxygen atoms in total. The first-order valence-electron chi connectivity index (χ1n) is 5.91. The van der Waals surface area contributed by atoms with Crippen molar-refractivity contribution in [2.75, 3.05) is 19.0 Å². The van der Waals surface area contributed by atoms with Gasteiger partial charge in [0.1, 0.15) is 5.92 Å². The van der Waals surface area contributed by atoms with E-state index >= 15 is 0 Å². The molecule has 0 aliphatic carbocycles. The summed E-state index contributed by atoms with van der Waals surface area (Å²) in [5.74, 6) is -0.519. The van der Waals surface area contributed by atoms with Crippen molar-refractivity contribution in [3.05, 3.63) is 0 Å². The Morgan fingerprint density at radius 3 is 2.76 bits per heavy atom. The van der Waals surface area contributed by atoms with Crippen molar-refractivity contribution >= 4 is 23.6 Å². The predicted octanol–water partition coefficient (Wildman–Crippen LogP) is 0.488. The van der Waals surface area contributed by atoms with Gasteiger partial charge in [-0.25, -0.2) is 0 Å². The van der Waals surface area contributed by atoms with Gasteiger partial charge in [0.15, 0.2) is 0 Å². The summed E-state index contributed by atoms with van der Waals surface area (Å²) in [6.07, 6.45) is 3.13. The maximum atomic E-state index is 11.9. The fourth-order valence-electron chi connectivity index (χ4n) is 2.16. The molecule has 0 bridgehead atoms. The third-order valence-electron chi connectivity index (χ3n) is 3.20. The zero-order valence-electron chi connectivity index (χ0n) is 9.55.